The van der Waals surface area contributed by atoms with Gasteiger partial charge in [-0.2, -0.15) is 0 Å². The van der Waals surface area contributed by atoms with E-state index < -0.39 is 0 Å². The number of nitrogens with zero attached hydrogens (tertiary/aromatic N) is 4. The molecule has 0 saturated heterocycles. The quantitative estimate of drug-likeness (QED) is 0.370. The fourth-order valence-corrected chi connectivity index (χ4v) is 3.35. The van der Waals surface area contributed by atoms with Crippen LogP contribution >= 0.6 is 0 Å². The van der Waals surface area contributed by atoms with E-state index in [0.717, 1.165) is 33.5 Å². The summed E-state index contributed by atoms with van der Waals surface area (Å²) in [6.45, 7) is 8.46. The molecule has 0 saturated carbocycles. The molecule has 0 N–H and O–H groups in total. The molecule has 136 valence electrons. The molecule has 0 aliphatic carbocycles. The molecule has 0 unspecified atom stereocenters. The number of hydrogen-bond acceptors (Lipinski definition) is 4. The Morgan fingerprint density at radius 3 is 2.33 bits per heavy atom. The molecule has 0 atom stereocenters. The molecular formula is C21H20N4O2. The van der Waals surface area contributed by atoms with Gasteiger partial charge in [-0.25, -0.2) is 0 Å². The summed E-state index contributed by atoms with van der Waals surface area (Å²) in [7, 11) is 0. The summed E-state index contributed by atoms with van der Waals surface area (Å²) in [4.78, 5) is 10.8. The van der Waals surface area contributed by atoms with Crippen LogP contribution in [0.4, 0.5) is 5.69 Å². The lowest BCUT2D eigenvalue weighted by Crippen LogP contribution is -2.10. The molecule has 0 amide bonds. The lowest BCUT2D eigenvalue weighted by atomic mass is 9.87. The number of fused-ring (bicyclic) bond motifs is 3. The maximum absolute atomic E-state index is 11.1. The van der Waals surface area contributed by atoms with Gasteiger partial charge in [-0.1, -0.05) is 45.0 Å². The van der Waals surface area contributed by atoms with Crippen molar-refractivity contribution in [3.05, 3.63) is 69.8 Å². The average Bonchev–Trinajstić information content (AvgIpc) is 3.04. The van der Waals surface area contributed by atoms with Gasteiger partial charge in [-0.15, -0.1) is 10.2 Å². The summed E-state index contributed by atoms with van der Waals surface area (Å²) >= 11 is 0. The second-order valence-electron chi connectivity index (χ2n) is 7.83. The number of benzene rings is 2. The van der Waals surface area contributed by atoms with E-state index in [2.05, 4.69) is 43.1 Å². The first-order chi connectivity index (χ1) is 12.8. The molecule has 4 aromatic rings. The Kier molecular flexibility index (Phi) is 3.73. The topological polar surface area (TPSA) is 73.3 Å². The number of rotatable bonds is 2. The Labute approximate surface area is 156 Å². The maximum atomic E-state index is 11.1. The van der Waals surface area contributed by atoms with E-state index in [4.69, 9.17) is 0 Å². The molecule has 2 aromatic heterocycles. The first kappa shape index (κ1) is 17.1. The van der Waals surface area contributed by atoms with Crippen LogP contribution in [0, 0.1) is 17.0 Å². The molecule has 0 aliphatic heterocycles. The van der Waals surface area contributed by atoms with Crippen LogP contribution in [-0.2, 0) is 5.41 Å². The maximum Gasteiger partial charge on any atom is 0.270 e. The van der Waals surface area contributed by atoms with Gasteiger partial charge in [0.15, 0.2) is 11.5 Å². The van der Waals surface area contributed by atoms with Crippen LogP contribution in [0.5, 0.6) is 0 Å². The number of aryl methyl sites for hydroxylation is 1. The van der Waals surface area contributed by atoms with Crippen LogP contribution in [0.1, 0.15) is 31.9 Å². The summed E-state index contributed by atoms with van der Waals surface area (Å²) in [5.74, 6) is 0.726. The molecular weight excluding hydrogens is 340 g/mol. The van der Waals surface area contributed by atoms with Crippen LogP contribution in [-0.4, -0.2) is 19.5 Å². The van der Waals surface area contributed by atoms with Crippen LogP contribution in [0.25, 0.3) is 27.9 Å². The van der Waals surface area contributed by atoms with E-state index >= 15 is 0 Å². The Bertz CT molecular complexity index is 1180. The number of nitro groups is 1. The molecule has 6 nitrogen and oxygen atoms in total. The van der Waals surface area contributed by atoms with Gasteiger partial charge in [0, 0.05) is 23.1 Å². The van der Waals surface area contributed by atoms with Crippen LogP contribution in [0.15, 0.2) is 48.5 Å². The third kappa shape index (κ3) is 2.83. The third-order valence-electron chi connectivity index (χ3n) is 4.90. The van der Waals surface area contributed by atoms with Crippen molar-refractivity contribution in [2.45, 2.75) is 33.1 Å². The number of aromatic nitrogens is 3. The summed E-state index contributed by atoms with van der Waals surface area (Å²) in [6.07, 6.45) is 0. The van der Waals surface area contributed by atoms with E-state index in [-0.39, 0.29) is 16.0 Å². The minimum atomic E-state index is -0.374. The van der Waals surface area contributed by atoms with Gasteiger partial charge >= 0.3 is 0 Å². The van der Waals surface area contributed by atoms with Gasteiger partial charge in [0.05, 0.1) is 10.4 Å². The second kappa shape index (κ2) is 5.87. The van der Waals surface area contributed by atoms with Gasteiger partial charge in [0.25, 0.3) is 5.69 Å². The molecule has 0 bridgehead atoms. The summed E-state index contributed by atoms with van der Waals surface area (Å²) < 4.78 is 1.96. The van der Waals surface area contributed by atoms with Crippen molar-refractivity contribution in [1.82, 2.24) is 14.6 Å². The minimum Gasteiger partial charge on any atom is -0.275 e. The lowest BCUT2D eigenvalue weighted by Gasteiger charge is -2.19. The second-order valence-corrected chi connectivity index (χ2v) is 7.83. The minimum absolute atomic E-state index is 0.0776. The molecule has 0 aliphatic rings. The van der Waals surface area contributed by atoms with Crippen molar-refractivity contribution < 1.29 is 4.92 Å². The van der Waals surface area contributed by atoms with E-state index in [1.165, 1.54) is 11.6 Å². The molecule has 2 heterocycles. The number of hydrogen-bond donors (Lipinski definition) is 0. The predicted molar refractivity (Wildman–Crippen MR) is 106 cm³/mol. The number of nitro benzene ring substituents is 1. The molecule has 4 rings (SSSR count). The van der Waals surface area contributed by atoms with E-state index in [1.807, 2.05) is 29.5 Å². The van der Waals surface area contributed by atoms with Gasteiger partial charge < -0.3 is 0 Å². The van der Waals surface area contributed by atoms with Crippen molar-refractivity contribution in [2.75, 3.05) is 0 Å². The zero-order valence-electron chi connectivity index (χ0n) is 15.7. The monoisotopic (exact) mass is 360 g/mol. The summed E-state index contributed by atoms with van der Waals surface area (Å²) in [5.41, 5.74) is 4.88. The number of non-ortho nitro benzene ring substituents is 1. The van der Waals surface area contributed by atoms with Crippen molar-refractivity contribution in [1.29, 1.82) is 0 Å². The lowest BCUT2D eigenvalue weighted by molar-refractivity contribution is -0.384. The fourth-order valence-electron chi connectivity index (χ4n) is 3.35. The average molecular weight is 360 g/mol. The Balaban J connectivity index is 1.96. The molecule has 6 heteroatoms. The van der Waals surface area contributed by atoms with Crippen molar-refractivity contribution in [3.8, 4) is 11.4 Å². The Hall–Kier alpha value is -3.28. The highest BCUT2D eigenvalue weighted by atomic mass is 16.6. The SMILES string of the molecule is Cc1cc2nnc(-c3ccc(C(C)(C)C)cc3)n2c2ccc([N+](=O)[O-])cc12. The van der Waals surface area contributed by atoms with E-state index in [1.54, 1.807) is 12.1 Å². The van der Waals surface area contributed by atoms with Crippen molar-refractivity contribution in [2.24, 2.45) is 0 Å². The van der Waals surface area contributed by atoms with Crippen molar-refractivity contribution >= 4 is 22.2 Å². The first-order valence-electron chi connectivity index (χ1n) is 8.79. The highest BCUT2D eigenvalue weighted by Crippen LogP contribution is 2.30. The van der Waals surface area contributed by atoms with Crippen molar-refractivity contribution in [3.63, 3.8) is 0 Å². The predicted octanol–water partition coefficient (Wildman–Crippen LogP) is 5.06. The molecule has 0 fully saturated rings. The molecule has 27 heavy (non-hydrogen) atoms. The standard InChI is InChI=1S/C21H20N4O2/c1-13-11-19-22-23-20(14-5-7-15(8-6-14)21(2,3)4)24(19)18-10-9-16(25(26)27)12-17(13)18/h5-12H,1-4H3. The third-order valence-corrected chi connectivity index (χ3v) is 4.90. The van der Waals surface area contributed by atoms with Gasteiger partial charge in [-0.05, 0) is 35.6 Å². The zero-order valence-corrected chi connectivity index (χ0v) is 15.7. The summed E-state index contributed by atoms with van der Waals surface area (Å²) in [5, 5.41) is 20.7. The van der Waals surface area contributed by atoms with E-state index in [0.29, 0.717) is 0 Å². The first-order valence-corrected chi connectivity index (χ1v) is 8.79. The molecule has 0 spiro atoms. The summed E-state index contributed by atoms with van der Waals surface area (Å²) in [6, 6.07) is 15.1. The molecule has 0 radical (unpaired) electrons. The Morgan fingerprint density at radius 1 is 1.00 bits per heavy atom. The normalized spacial score (nSPS) is 12.0. The molecule has 2 aromatic carbocycles. The largest absolute Gasteiger partial charge is 0.275 e. The van der Waals surface area contributed by atoms with Gasteiger partial charge in [0.2, 0.25) is 0 Å². The highest BCUT2D eigenvalue weighted by molar-refractivity contribution is 5.88. The smallest absolute Gasteiger partial charge is 0.270 e. The highest BCUT2D eigenvalue weighted by Gasteiger charge is 2.17. The fraction of sp³-hybridized carbons (Fsp3) is 0.238. The van der Waals surface area contributed by atoms with Crippen LogP contribution in [0.2, 0.25) is 0 Å². The number of pyridine rings is 1. The van der Waals surface area contributed by atoms with Gasteiger partial charge in [0.1, 0.15) is 0 Å². The van der Waals surface area contributed by atoms with Crippen LogP contribution < -0.4 is 0 Å². The Morgan fingerprint density at radius 2 is 1.70 bits per heavy atom. The van der Waals surface area contributed by atoms with E-state index in [9.17, 15) is 10.1 Å². The zero-order chi connectivity index (χ0) is 19.3. The van der Waals surface area contributed by atoms with Crippen LogP contribution in [0.3, 0.4) is 0 Å². The van der Waals surface area contributed by atoms with Gasteiger partial charge in [-0.3, -0.25) is 14.5 Å².